The summed E-state index contributed by atoms with van der Waals surface area (Å²) >= 11 is 5.92. The molecule has 96 valence electrons. The SMILES string of the molecule is Cc1nc(Cl)nc2c1NC(=O)C1C(C)CCCN21. The number of anilines is 2. The second-order valence-corrected chi connectivity index (χ2v) is 5.36. The summed E-state index contributed by atoms with van der Waals surface area (Å²) in [4.78, 5) is 22.7. The van der Waals surface area contributed by atoms with E-state index in [2.05, 4.69) is 27.1 Å². The Balaban J connectivity index is 2.13. The number of carbonyl (C=O) groups excluding carboxylic acids is 1. The second-order valence-electron chi connectivity index (χ2n) is 5.02. The molecule has 0 aliphatic carbocycles. The summed E-state index contributed by atoms with van der Waals surface area (Å²) in [6.45, 7) is 4.79. The largest absolute Gasteiger partial charge is 0.342 e. The van der Waals surface area contributed by atoms with Crippen molar-refractivity contribution in [1.29, 1.82) is 0 Å². The molecule has 3 heterocycles. The van der Waals surface area contributed by atoms with Crippen molar-refractivity contribution in [2.24, 2.45) is 5.92 Å². The molecule has 1 aromatic rings. The highest BCUT2D eigenvalue weighted by Gasteiger charge is 2.40. The molecule has 0 spiro atoms. The molecular weight excluding hydrogens is 252 g/mol. The lowest BCUT2D eigenvalue weighted by atomic mass is 9.88. The topological polar surface area (TPSA) is 58.1 Å². The molecule has 1 fully saturated rings. The molecule has 3 rings (SSSR count). The van der Waals surface area contributed by atoms with Crippen molar-refractivity contribution < 1.29 is 4.79 Å². The molecule has 2 aliphatic rings. The van der Waals surface area contributed by atoms with Gasteiger partial charge < -0.3 is 10.2 Å². The number of hydrogen-bond acceptors (Lipinski definition) is 4. The Morgan fingerprint density at radius 1 is 1.44 bits per heavy atom. The van der Waals surface area contributed by atoms with Crippen LogP contribution in [-0.2, 0) is 4.79 Å². The van der Waals surface area contributed by atoms with Crippen LogP contribution in [0.1, 0.15) is 25.5 Å². The summed E-state index contributed by atoms with van der Waals surface area (Å²) in [7, 11) is 0. The summed E-state index contributed by atoms with van der Waals surface area (Å²) in [5.74, 6) is 1.15. The molecule has 1 aromatic heterocycles. The van der Waals surface area contributed by atoms with Crippen LogP contribution in [0.4, 0.5) is 11.5 Å². The van der Waals surface area contributed by atoms with Gasteiger partial charge in [0, 0.05) is 6.54 Å². The van der Waals surface area contributed by atoms with Gasteiger partial charge in [-0.05, 0) is 37.3 Å². The summed E-state index contributed by atoms with van der Waals surface area (Å²) < 4.78 is 0. The van der Waals surface area contributed by atoms with Crippen molar-refractivity contribution in [1.82, 2.24) is 9.97 Å². The van der Waals surface area contributed by atoms with Gasteiger partial charge in [0.15, 0.2) is 5.82 Å². The fourth-order valence-electron chi connectivity index (χ4n) is 2.90. The lowest BCUT2D eigenvalue weighted by molar-refractivity contribution is -0.119. The summed E-state index contributed by atoms with van der Waals surface area (Å²) in [5.41, 5.74) is 1.42. The number of nitrogens with one attached hydrogen (secondary N) is 1. The van der Waals surface area contributed by atoms with E-state index < -0.39 is 0 Å². The maximum atomic E-state index is 12.2. The van der Waals surface area contributed by atoms with Crippen molar-refractivity contribution >= 4 is 29.0 Å². The van der Waals surface area contributed by atoms with Crippen molar-refractivity contribution in [3.8, 4) is 0 Å². The first-order chi connectivity index (χ1) is 8.58. The number of nitrogens with zero attached hydrogens (tertiary/aromatic N) is 3. The molecule has 1 amide bonds. The maximum Gasteiger partial charge on any atom is 0.247 e. The van der Waals surface area contributed by atoms with Crippen LogP contribution in [0.5, 0.6) is 0 Å². The number of piperidine rings is 1. The Morgan fingerprint density at radius 3 is 3.00 bits per heavy atom. The van der Waals surface area contributed by atoms with E-state index >= 15 is 0 Å². The van der Waals surface area contributed by atoms with Gasteiger partial charge in [-0.1, -0.05) is 6.92 Å². The zero-order valence-electron chi connectivity index (χ0n) is 10.4. The van der Waals surface area contributed by atoms with Crippen molar-refractivity contribution in [3.05, 3.63) is 11.0 Å². The van der Waals surface area contributed by atoms with Crippen LogP contribution in [0.2, 0.25) is 5.28 Å². The Kier molecular flexibility index (Phi) is 2.66. The molecule has 6 heteroatoms. The van der Waals surface area contributed by atoms with Gasteiger partial charge in [0.1, 0.15) is 11.7 Å². The summed E-state index contributed by atoms with van der Waals surface area (Å²) in [6, 6.07) is -0.128. The quantitative estimate of drug-likeness (QED) is 0.730. The van der Waals surface area contributed by atoms with Gasteiger partial charge in [-0.25, -0.2) is 4.98 Å². The monoisotopic (exact) mass is 266 g/mol. The predicted octanol–water partition coefficient (Wildman–Crippen LogP) is 2.00. The van der Waals surface area contributed by atoms with Crippen LogP contribution < -0.4 is 10.2 Å². The van der Waals surface area contributed by atoms with Gasteiger partial charge in [-0.2, -0.15) is 4.98 Å². The predicted molar refractivity (Wildman–Crippen MR) is 69.9 cm³/mol. The molecule has 1 N–H and O–H groups in total. The second kappa shape index (κ2) is 4.09. The van der Waals surface area contributed by atoms with Crippen LogP contribution in [0.3, 0.4) is 0 Å². The zero-order chi connectivity index (χ0) is 12.9. The number of rotatable bonds is 0. The normalized spacial score (nSPS) is 26.4. The zero-order valence-corrected chi connectivity index (χ0v) is 11.2. The van der Waals surface area contributed by atoms with E-state index in [1.54, 1.807) is 0 Å². The fraction of sp³-hybridized carbons (Fsp3) is 0.583. The fourth-order valence-corrected chi connectivity index (χ4v) is 3.11. The molecule has 2 unspecified atom stereocenters. The molecule has 0 saturated carbocycles. The Labute approximate surface area is 111 Å². The average Bonchev–Trinajstić information content (AvgIpc) is 2.31. The lowest BCUT2D eigenvalue weighted by Crippen LogP contribution is -2.55. The number of halogens is 1. The molecule has 0 aromatic carbocycles. The van der Waals surface area contributed by atoms with Crippen LogP contribution in [0.15, 0.2) is 0 Å². The van der Waals surface area contributed by atoms with Crippen LogP contribution in [-0.4, -0.2) is 28.5 Å². The highest BCUT2D eigenvalue weighted by Crippen LogP contribution is 2.38. The first kappa shape index (κ1) is 11.7. The smallest absolute Gasteiger partial charge is 0.247 e. The minimum atomic E-state index is -0.128. The van der Waals surface area contributed by atoms with Crippen LogP contribution in [0, 0.1) is 12.8 Å². The first-order valence-corrected chi connectivity index (χ1v) is 6.57. The molecule has 0 bridgehead atoms. The third-order valence-corrected chi connectivity index (χ3v) is 3.93. The number of amides is 1. The van der Waals surface area contributed by atoms with E-state index in [0.717, 1.165) is 30.9 Å². The standard InChI is InChI=1S/C12H15ClN4O/c1-6-4-3-5-17-9(6)11(18)15-8-7(2)14-12(13)16-10(8)17/h6,9H,3-5H2,1-2H3,(H,15,18). The summed E-state index contributed by atoms with van der Waals surface area (Å²) in [5, 5.41) is 3.16. The first-order valence-electron chi connectivity index (χ1n) is 6.19. The molecule has 0 radical (unpaired) electrons. The minimum Gasteiger partial charge on any atom is -0.342 e. The highest BCUT2D eigenvalue weighted by atomic mass is 35.5. The van der Waals surface area contributed by atoms with Gasteiger partial charge in [0.25, 0.3) is 0 Å². The van der Waals surface area contributed by atoms with Gasteiger partial charge in [0.2, 0.25) is 11.2 Å². The van der Waals surface area contributed by atoms with Gasteiger partial charge in [0.05, 0.1) is 5.69 Å². The molecule has 18 heavy (non-hydrogen) atoms. The van der Waals surface area contributed by atoms with E-state index in [-0.39, 0.29) is 17.2 Å². The number of fused-ring (bicyclic) bond motifs is 3. The Bertz CT molecular complexity index is 519. The summed E-state index contributed by atoms with van der Waals surface area (Å²) in [6.07, 6.45) is 2.15. The van der Waals surface area contributed by atoms with Crippen LogP contribution in [0.25, 0.3) is 0 Å². The van der Waals surface area contributed by atoms with Gasteiger partial charge in [-0.3, -0.25) is 4.79 Å². The minimum absolute atomic E-state index is 0.0451. The maximum absolute atomic E-state index is 12.2. The molecule has 2 aliphatic heterocycles. The molecule has 5 nitrogen and oxygen atoms in total. The number of aryl methyl sites for hydroxylation is 1. The number of hydrogen-bond donors (Lipinski definition) is 1. The third-order valence-electron chi connectivity index (χ3n) is 3.77. The van der Waals surface area contributed by atoms with Gasteiger partial charge >= 0.3 is 0 Å². The van der Waals surface area contributed by atoms with E-state index in [1.807, 2.05) is 6.92 Å². The van der Waals surface area contributed by atoms with E-state index in [0.29, 0.717) is 11.6 Å². The third kappa shape index (κ3) is 1.65. The Hall–Kier alpha value is -1.36. The lowest BCUT2D eigenvalue weighted by Gasteiger charge is -2.43. The van der Waals surface area contributed by atoms with Crippen LogP contribution >= 0.6 is 11.6 Å². The van der Waals surface area contributed by atoms with Crippen molar-refractivity contribution in [2.75, 3.05) is 16.8 Å². The molecule has 2 atom stereocenters. The van der Waals surface area contributed by atoms with E-state index in [9.17, 15) is 4.79 Å². The molecule has 1 saturated heterocycles. The number of aromatic nitrogens is 2. The van der Waals surface area contributed by atoms with Crippen molar-refractivity contribution in [3.63, 3.8) is 0 Å². The van der Waals surface area contributed by atoms with Crippen molar-refractivity contribution in [2.45, 2.75) is 32.7 Å². The molecular formula is C12H15ClN4O. The van der Waals surface area contributed by atoms with E-state index in [1.165, 1.54) is 0 Å². The number of carbonyl (C=O) groups is 1. The van der Waals surface area contributed by atoms with E-state index in [4.69, 9.17) is 11.6 Å². The average molecular weight is 267 g/mol. The highest BCUT2D eigenvalue weighted by molar-refractivity contribution is 6.28. The van der Waals surface area contributed by atoms with Gasteiger partial charge in [-0.15, -0.1) is 0 Å². The Morgan fingerprint density at radius 2 is 2.22 bits per heavy atom.